The third-order valence-electron chi connectivity index (χ3n) is 6.56. The van der Waals surface area contributed by atoms with Gasteiger partial charge in [-0.3, -0.25) is 4.98 Å². The topological polar surface area (TPSA) is 74.7 Å². The fraction of sp³-hybridized carbons (Fsp3) is 0.382. The quantitative estimate of drug-likeness (QED) is 0.0697. The number of rotatable bonds is 18. The van der Waals surface area contributed by atoms with E-state index in [-0.39, 0.29) is 5.97 Å². The normalized spacial score (nSPS) is 10.6. The summed E-state index contributed by atoms with van der Waals surface area (Å²) in [7, 11) is 0. The van der Waals surface area contributed by atoms with Crippen LogP contribution in [0.1, 0.15) is 80.6 Å². The molecule has 6 nitrogen and oxygen atoms in total. The van der Waals surface area contributed by atoms with Crippen LogP contribution in [-0.2, 0) is 16.0 Å². The van der Waals surface area contributed by atoms with Crippen LogP contribution in [0.5, 0.6) is 11.5 Å². The van der Waals surface area contributed by atoms with Gasteiger partial charge in [-0.15, -0.1) is 0 Å². The predicted molar refractivity (Wildman–Crippen MR) is 159 cm³/mol. The van der Waals surface area contributed by atoms with E-state index in [1.807, 2.05) is 24.4 Å². The number of hydrogen-bond acceptors (Lipinski definition) is 6. The van der Waals surface area contributed by atoms with Gasteiger partial charge in [0.2, 0.25) is 0 Å². The molecule has 0 aliphatic rings. The van der Waals surface area contributed by atoms with E-state index < -0.39 is 5.97 Å². The summed E-state index contributed by atoms with van der Waals surface area (Å²) in [5, 5.41) is 0. The van der Waals surface area contributed by atoms with Crippen molar-refractivity contribution in [3.8, 4) is 22.8 Å². The van der Waals surface area contributed by atoms with Crippen molar-refractivity contribution in [3.63, 3.8) is 0 Å². The van der Waals surface area contributed by atoms with E-state index in [1.165, 1.54) is 30.9 Å². The van der Waals surface area contributed by atoms with Gasteiger partial charge in [-0.1, -0.05) is 58.1 Å². The molecule has 0 unspecified atom stereocenters. The monoisotopic (exact) mass is 543 g/mol. The van der Waals surface area contributed by atoms with Gasteiger partial charge in [0.05, 0.1) is 24.5 Å². The fourth-order valence-corrected chi connectivity index (χ4v) is 4.20. The summed E-state index contributed by atoms with van der Waals surface area (Å²) < 4.78 is 16.3. The molecule has 2 aromatic carbocycles. The number of hydrogen-bond donors (Lipinski definition) is 0. The van der Waals surface area contributed by atoms with Crippen LogP contribution in [0, 0.1) is 0 Å². The number of ether oxygens (including phenoxy) is 3. The SMILES string of the molecule is C=CC(=O)OCCCCCCCCOc1ccc(C(=O)Oc2ccc(-c3ccc(CCCCC)cn3)cc2)cc1. The van der Waals surface area contributed by atoms with E-state index in [2.05, 4.69) is 24.6 Å². The molecule has 0 spiro atoms. The van der Waals surface area contributed by atoms with E-state index >= 15 is 0 Å². The fourth-order valence-electron chi connectivity index (χ4n) is 4.20. The lowest BCUT2D eigenvalue weighted by Gasteiger charge is -2.08. The number of aryl methyl sites for hydroxylation is 1. The second-order valence-electron chi connectivity index (χ2n) is 9.79. The van der Waals surface area contributed by atoms with Crippen LogP contribution >= 0.6 is 0 Å². The van der Waals surface area contributed by atoms with E-state index in [4.69, 9.17) is 14.2 Å². The minimum absolute atomic E-state index is 0.361. The number of unbranched alkanes of at least 4 members (excludes halogenated alkanes) is 7. The highest BCUT2D eigenvalue weighted by Crippen LogP contribution is 2.22. The molecule has 0 aliphatic carbocycles. The average Bonchev–Trinajstić information content (AvgIpc) is 2.99. The van der Waals surface area contributed by atoms with E-state index in [9.17, 15) is 9.59 Å². The van der Waals surface area contributed by atoms with Gasteiger partial charge in [0, 0.05) is 17.8 Å². The molecule has 0 bridgehead atoms. The van der Waals surface area contributed by atoms with Crippen molar-refractivity contribution in [2.75, 3.05) is 13.2 Å². The maximum absolute atomic E-state index is 12.6. The number of carbonyl (C=O) groups excluding carboxylic acids is 2. The van der Waals surface area contributed by atoms with Gasteiger partial charge in [-0.05, 0) is 85.8 Å². The molecule has 0 amide bonds. The molecule has 3 rings (SSSR count). The van der Waals surface area contributed by atoms with Crippen LogP contribution < -0.4 is 9.47 Å². The Balaban J connectivity index is 1.34. The Labute approximate surface area is 238 Å². The smallest absolute Gasteiger partial charge is 0.343 e. The molecule has 0 saturated heterocycles. The van der Waals surface area contributed by atoms with Crippen LogP contribution in [0.25, 0.3) is 11.3 Å². The van der Waals surface area contributed by atoms with E-state index in [1.54, 1.807) is 36.4 Å². The summed E-state index contributed by atoms with van der Waals surface area (Å²) in [6.45, 7) is 6.67. The average molecular weight is 544 g/mol. The minimum Gasteiger partial charge on any atom is -0.494 e. The molecule has 0 atom stereocenters. The van der Waals surface area contributed by atoms with Gasteiger partial charge >= 0.3 is 11.9 Å². The van der Waals surface area contributed by atoms with E-state index in [0.29, 0.717) is 24.5 Å². The van der Waals surface area contributed by atoms with Crippen LogP contribution in [-0.4, -0.2) is 30.1 Å². The summed E-state index contributed by atoms with van der Waals surface area (Å²) in [6, 6.07) is 18.6. The lowest BCUT2D eigenvalue weighted by molar-refractivity contribution is -0.137. The molecule has 0 radical (unpaired) electrons. The molecule has 0 aliphatic heterocycles. The van der Waals surface area contributed by atoms with Crippen LogP contribution in [0.3, 0.4) is 0 Å². The molecule has 0 saturated carbocycles. The highest BCUT2D eigenvalue weighted by atomic mass is 16.5. The number of aromatic nitrogens is 1. The van der Waals surface area contributed by atoms with Crippen molar-refractivity contribution in [1.82, 2.24) is 4.98 Å². The Morgan fingerprint density at radius 3 is 2.10 bits per heavy atom. The first-order chi connectivity index (χ1) is 19.6. The molecule has 0 fully saturated rings. The van der Waals surface area contributed by atoms with Crippen LogP contribution in [0.2, 0.25) is 0 Å². The van der Waals surface area contributed by atoms with Crippen molar-refractivity contribution in [2.45, 2.75) is 71.1 Å². The van der Waals surface area contributed by atoms with Gasteiger partial charge in [-0.2, -0.15) is 0 Å². The van der Waals surface area contributed by atoms with Gasteiger partial charge < -0.3 is 14.2 Å². The Bertz CT molecular complexity index is 1170. The molecule has 6 heteroatoms. The van der Waals surface area contributed by atoms with Gasteiger partial charge in [-0.25, -0.2) is 9.59 Å². The third-order valence-corrected chi connectivity index (χ3v) is 6.56. The first-order valence-electron chi connectivity index (χ1n) is 14.4. The Morgan fingerprint density at radius 2 is 1.45 bits per heavy atom. The summed E-state index contributed by atoms with van der Waals surface area (Å²) in [6.07, 6.45) is 14.0. The number of carbonyl (C=O) groups is 2. The van der Waals surface area contributed by atoms with Gasteiger partial charge in [0.1, 0.15) is 11.5 Å². The summed E-state index contributed by atoms with van der Waals surface area (Å²) in [5.41, 5.74) is 3.60. The van der Waals surface area contributed by atoms with Crippen molar-refractivity contribution in [2.24, 2.45) is 0 Å². The zero-order chi connectivity index (χ0) is 28.4. The molecule has 1 aromatic heterocycles. The Kier molecular flexibility index (Phi) is 13.5. The molecular formula is C34H41NO5. The second kappa shape index (κ2) is 17.6. The second-order valence-corrected chi connectivity index (χ2v) is 9.79. The molecule has 3 aromatic rings. The number of esters is 2. The lowest BCUT2D eigenvalue weighted by Crippen LogP contribution is -2.08. The first kappa shape index (κ1) is 30.6. The zero-order valence-electron chi connectivity index (χ0n) is 23.6. The third kappa shape index (κ3) is 11.0. The standard InChI is InChI=1S/C34H41NO5/c1-3-5-10-13-27-14-23-32(35-26-27)28-15-21-31(22-16-28)40-34(37)29-17-19-30(20-18-29)38-24-11-8-6-7-9-12-25-39-33(36)4-2/h4,14-23,26H,2-3,5-13,24-25H2,1H3. The van der Waals surface area contributed by atoms with Gasteiger partial charge in [0.25, 0.3) is 0 Å². The lowest BCUT2D eigenvalue weighted by atomic mass is 10.1. The van der Waals surface area contributed by atoms with Gasteiger partial charge in [0.15, 0.2) is 0 Å². The van der Waals surface area contributed by atoms with Crippen LogP contribution in [0.4, 0.5) is 0 Å². The maximum atomic E-state index is 12.6. The largest absolute Gasteiger partial charge is 0.494 e. The minimum atomic E-state index is -0.409. The number of nitrogens with zero attached hydrogens (tertiary/aromatic N) is 1. The molecular weight excluding hydrogens is 502 g/mol. The summed E-state index contributed by atoms with van der Waals surface area (Å²) in [5.74, 6) is 0.449. The summed E-state index contributed by atoms with van der Waals surface area (Å²) >= 11 is 0. The first-order valence-corrected chi connectivity index (χ1v) is 14.4. The van der Waals surface area contributed by atoms with Crippen molar-refractivity contribution >= 4 is 11.9 Å². The number of benzene rings is 2. The molecule has 0 N–H and O–H groups in total. The maximum Gasteiger partial charge on any atom is 0.343 e. The molecule has 1 heterocycles. The van der Waals surface area contributed by atoms with Crippen molar-refractivity contribution in [3.05, 3.63) is 90.6 Å². The van der Waals surface area contributed by atoms with Crippen LogP contribution in [0.15, 0.2) is 79.5 Å². The summed E-state index contributed by atoms with van der Waals surface area (Å²) in [4.78, 5) is 28.2. The Morgan fingerprint density at radius 1 is 0.775 bits per heavy atom. The molecule has 212 valence electrons. The number of pyridine rings is 1. The molecule has 40 heavy (non-hydrogen) atoms. The van der Waals surface area contributed by atoms with Crippen molar-refractivity contribution < 1.29 is 23.8 Å². The highest BCUT2D eigenvalue weighted by molar-refractivity contribution is 5.91. The van der Waals surface area contributed by atoms with E-state index in [0.717, 1.165) is 62.0 Å². The van der Waals surface area contributed by atoms with Crippen molar-refractivity contribution in [1.29, 1.82) is 0 Å². The predicted octanol–water partition coefficient (Wildman–Crippen LogP) is 8.15. The highest BCUT2D eigenvalue weighted by Gasteiger charge is 2.10. The zero-order valence-corrected chi connectivity index (χ0v) is 23.6. The Hall–Kier alpha value is -3.93.